The van der Waals surface area contributed by atoms with Gasteiger partial charge in [-0.3, -0.25) is 0 Å². The number of halogens is 3. The molecule has 0 spiro atoms. The minimum atomic E-state index is -4.22. The predicted molar refractivity (Wildman–Crippen MR) is 51.1 cm³/mol. The van der Waals surface area contributed by atoms with Crippen molar-refractivity contribution in [2.24, 2.45) is 0 Å². The van der Waals surface area contributed by atoms with Gasteiger partial charge in [-0.15, -0.1) is 0 Å². The molecule has 0 radical (unpaired) electrons. The maximum absolute atomic E-state index is 11.9. The Morgan fingerprint density at radius 3 is 2.08 bits per heavy atom. The van der Waals surface area contributed by atoms with E-state index < -0.39 is 5.51 Å². The molecule has 0 atom stereocenters. The van der Waals surface area contributed by atoms with Crippen molar-refractivity contribution in [3.8, 4) is 0 Å². The Bertz CT molecular complexity index is 289. The van der Waals surface area contributed by atoms with E-state index in [1.807, 2.05) is 0 Å². The molecule has 0 aromatic heterocycles. The van der Waals surface area contributed by atoms with Crippen molar-refractivity contribution in [2.75, 3.05) is 0 Å². The van der Waals surface area contributed by atoms with Gasteiger partial charge in [0, 0.05) is 10.3 Å². The first-order valence-corrected chi connectivity index (χ1v) is 4.61. The first-order valence-electron chi connectivity index (χ1n) is 3.32. The van der Waals surface area contributed by atoms with Gasteiger partial charge in [0.15, 0.2) is 0 Å². The maximum Gasteiger partial charge on any atom is 0.446 e. The molecule has 5 heteroatoms. The van der Waals surface area contributed by atoms with Gasteiger partial charge in [0.1, 0.15) is 0 Å². The van der Waals surface area contributed by atoms with Crippen molar-refractivity contribution < 1.29 is 13.2 Å². The van der Waals surface area contributed by atoms with Crippen molar-refractivity contribution >= 4 is 29.3 Å². The molecule has 0 saturated carbocycles. The number of hydrogen-bond acceptors (Lipinski definition) is 2. The zero-order valence-electron chi connectivity index (χ0n) is 6.34. The Morgan fingerprint density at radius 1 is 1.15 bits per heavy atom. The van der Waals surface area contributed by atoms with Gasteiger partial charge in [-0.1, -0.05) is 24.4 Å². The second-order valence-corrected chi connectivity index (χ2v) is 3.61. The highest BCUT2D eigenvalue weighted by Gasteiger charge is 2.28. The summed E-state index contributed by atoms with van der Waals surface area (Å²) in [5.74, 6) is 0. The monoisotopic (exact) mass is 222 g/mol. The Hall–Kier alpha value is -0.550. The molecule has 0 nitrogen and oxygen atoms in total. The Morgan fingerprint density at radius 2 is 1.69 bits per heavy atom. The fraction of sp³-hybridized carbons (Fsp3) is 0.125. The number of alkyl halides is 3. The molecule has 1 aromatic rings. The van der Waals surface area contributed by atoms with Crippen LogP contribution in [-0.4, -0.2) is 10.9 Å². The van der Waals surface area contributed by atoms with E-state index in [2.05, 4.69) is 12.2 Å². The molecule has 0 aliphatic heterocycles. The van der Waals surface area contributed by atoms with Crippen molar-refractivity contribution in [3.05, 3.63) is 29.8 Å². The summed E-state index contributed by atoms with van der Waals surface area (Å²) in [7, 11) is 0. The third kappa shape index (κ3) is 3.78. The summed E-state index contributed by atoms with van der Waals surface area (Å²) in [4.78, 5) is 0.174. The molecule has 0 bridgehead atoms. The SMILES string of the molecule is FC(F)(F)Sc1ccc(C=S)cc1. The molecule has 0 N–H and O–H groups in total. The lowest BCUT2D eigenvalue weighted by molar-refractivity contribution is -0.0328. The fourth-order valence-electron chi connectivity index (χ4n) is 0.748. The summed E-state index contributed by atoms with van der Waals surface area (Å²) in [5, 5.41) is 1.42. The van der Waals surface area contributed by atoms with E-state index in [1.54, 1.807) is 12.1 Å². The lowest BCUT2D eigenvalue weighted by atomic mass is 10.2. The maximum atomic E-state index is 11.9. The van der Waals surface area contributed by atoms with Crippen LogP contribution in [0, 0.1) is 0 Å². The highest BCUT2D eigenvalue weighted by molar-refractivity contribution is 8.00. The van der Waals surface area contributed by atoms with Crippen molar-refractivity contribution in [2.45, 2.75) is 10.4 Å². The smallest absolute Gasteiger partial charge is 0.160 e. The molecule has 0 fully saturated rings. The summed E-state index contributed by atoms with van der Waals surface area (Å²) in [6, 6.07) is 5.91. The fourth-order valence-corrected chi connectivity index (χ4v) is 1.44. The zero-order valence-corrected chi connectivity index (χ0v) is 7.97. The summed E-state index contributed by atoms with van der Waals surface area (Å²) >= 11 is 4.49. The summed E-state index contributed by atoms with van der Waals surface area (Å²) in [6.45, 7) is 0. The van der Waals surface area contributed by atoms with E-state index in [-0.39, 0.29) is 16.7 Å². The van der Waals surface area contributed by atoms with E-state index in [4.69, 9.17) is 0 Å². The molecule has 0 aliphatic rings. The molecule has 0 saturated heterocycles. The number of rotatable bonds is 2. The van der Waals surface area contributed by atoms with Gasteiger partial charge in [0.2, 0.25) is 0 Å². The lowest BCUT2D eigenvalue weighted by Crippen LogP contribution is -1.98. The second-order valence-electron chi connectivity index (χ2n) is 2.23. The van der Waals surface area contributed by atoms with Crippen LogP contribution in [0.3, 0.4) is 0 Å². The first-order chi connectivity index (χ1) is 6.01. The van der Waals surface area contributed by atoms with Gasteiger partial charge in [0.05, 0.1) is 0 Å². The number of hydrogen-bond donors (Lipinski definition) is 0. The topological polar surface area (TPSA) is 0 Å². The molecular formula is C8H5F3S2. The minimum absolute atomic E-state index is 0.128. The Labute approximate surface area is 83.1 Å². The van der Waals surface area contributed by atoms with E-state index in [9.17, 15) is 13.2 Å². The van der Waals surface area contributed by atoms with Crippen LogP contribution in [0.15, 0.2) is 29.2 Å². The van der Waals surface area contributed by atoms with Gasteiger partial charge in [-0.2, -0.15) is 13.2 Å². The van der Waals surface area contributed by atoms with Gasteiger partial charge in [-0.25, -0.2) is 0 Å². The quantitative estimate of drug-likeness (QED) is 0.553. The highest BCUT2D eigenvalue weighted by Crippen LogP contribution is 2.36. The molecule has 0 unspecified atom stereocenters. The number of thioether (sulfide) groups is 1. The summed E-state index contributed by atoms with van der Waals surface area (Å²) in [6.07, 6.45) is 0. The van der Waals surface area contributed by atoms with Crippen LogP contribution in [0.5, 0.6) is 0 Å². The zero-order chi connectivity index (χ0) is 9.90. The average Bonchev–Trinajstić information content (AvgIpc) is 2.03. The van der Waals surface area contributed by atoms with Crippen LogP contribution in [0.2, 0.25) is 0 Å². The third-order valence-corrected chi connectivity index (χ3v) is 2.26. The van der Waals surface area contributed by atoms with Crippen LogP contribution in [0.25, 0.3) is 0 Å². The molecule has 70 valence electrons. The van der Waals surface area contributed by atoms with E-state index in [1.165, 1.54) is 17.5 Å². The van der Waals surface area contributed by atoms with Crippen molar-refractivity contribution in [3.63, 3.8) is 0 Å². The standard InChI is InChI=1S/C8H5F3S2/c9-8(10,11)13-7-3-1-6(5-12)2-4-7/h1-5H. The van der Waals surface area contributed by atoms with E-state index >= 15 is 0 Å². The van der Waals surface area contributed by atoms with Crippen LogP contribution in [0.4, 0.5) is 13.2 Å². The molecule has 0 aliphatic carbocycles. The Kier molecular flexibility index (Phi) is 3.33. The van der Waals surface area contributed by atoms with Crippen LogP contribution >= 0.6 is 24.0 Å². The van der Waals surface area contributed by atoms with Crippen LogP contribution in [-0.2, 0) is 0 Å². The molecular weight excluding hydrogens is 217 g/mol. The van der Waals surface area contributed by atoms with Gasteiger partial charge in [0.25, 0.3) is 0 Å². The van der Waals surface area contributed by atoms with Gasteiger partial charge < -0.3 is 0 Å². The summed E-state index contributed by atoms with van der Waals surface area (Å²) in [5.41, 5.74) is -3.49. The molecule has 0 heterocycles. The largest absolute Gasteiger partial charge is 0.446 e. The van der Waals surface area contributed by atoms with E-state index in [0.717, 1.165) is 5.56 Å². The summed E-state index contributed by atoms with van der Waals surface area (Å²) < 4.78 is 35.6. The molecule has 13 heavy (non-hydrogen) atoms. The van der Waals surface area contributed by atoms with Gasteiger partial charge in [-0.05, 0) is 29.5 Å². The molecule has 0 amide bonds. The van der Waals surface area contributed by atoms with Crippen LogP contribution in [0.1, 0.15) is 5.56 Å². The van der Waals surface area contributed by atoms with Crippen LogP contribution < -0.4 is 0 Å². The lowest BCUT2D eigenvalue weighted by Gasteiger charge is -2.04. The Balaban J connectivity index is 2.75. The second kappa shape index (κ2) is 4.11. The van der Waals surface area contributed by atoms with Gasteiger partial charge >= 0.3 is 5.51 Å². The number of benzene rings is 1. The number of thiocarbonyl (C=S) groups is 1. The minimum Gasteiger partial charge on any atom is -0.160 e. The average molecular weight is 222 g/mol. The normalized spacial score (nSPS) is 11.3. The molecule has 1 rings (SSSR count). The van der Waals surface area contributed by atoms with Crippen molar-refractivity contribution in [1.29, 1.82) is 0 Å². The molecule has 1 aromatic carbocycles. The first kappa shape index (κ1) is 10.5. The third-order valence-electron chi connectivity index (χ3n) is 1.25. The van der Waals surface area contributed by atoms with Crippen molar-refractivity contribution in [1.82, 2.24) is 0 Å². The van der Waals surface area contributed by atoms with E-state index in [0.29, 0.717) is 0 Å². The highest BCUT2D eigenvalue weighted by atomic mass is 32.2. The predicted octanol–water partition coefficient (Wildman–Crippen LogP) is 3.65.